The molecule has 0 aliphatic carbocycles. The van der Waals surface area contributed by atoms with Crippen molar-refractivity contribution >= 4 is 23.6 Å². The van der Waals surface area contributed by atoms with Crippen LogP contribution in [0.2, 0.25) is 0 Å². The third-order valence-electron chi connectivity index (χ3n) is 3.21. The summed E-state index contributed by atoms with van der Waals surface area (Å²) in [4.78, 5) is 24.6. The molecule has 0 saturated heterocycles. The van der Waals surface area contributed by atoms with Crippen molar-refractivity contribution in [2.24, 2.45) is 0 Å². The van der Waals surface area contributed by atoms with Crippen molar-refractivity contribution in [1.82, 2.24) is 10.9 Å². The van der Waals surface area contributed by atoms with Crippen LogP contribution in [0.15, 0.2) is 53.4 Å². The lowest BCUT2D eigenvalue weighted by Crippen LogP contribution is -2.46. The first-order valence-electron chi connectivity index (χ1n) is 7.64. The summed E-state index contributed by atoms with van der Waals surface area (Å²) in [5.41, 5.74) is 5.80. The van der Waals surface area contributed by atoms with Gasteiger partial charge in [-0.25, -0.2) is 4.39 Å². The summed E-state index contributed by atoms with van der Waals surface area (Å²) in [6.07, 6.45) is 0. The molecule has 2 rings (SSSR count). The first kappa shape index (κ1) is 18.8. The molecule has 5 nitrogen and oxygen atoms in total. The number of rotatable bonds is 6. The predicted molar refractivity (Wildman–Crippen MR) is 94.7 cm³/mol. The molecule has 0 bridgehead atoms. The maximum atomic E-state index is 12.8. The van der Waals surface area contributed by atoms with Crippen LogP contribution in [0.5, 0.6) is 5.75 Å². The number of hydrazine groups is 1. The number of amides is 2. The van der Waals surface area contributed by atoms with Gasteiger partial charge in [-0.3, -0.25) is 20.4 Å². The number of carbonyl (C=O) groups excluding carboxylic acids is 2. The van der Waals surface area contributed by atoms with Gasteiger partial charge in [-0.1, -0.05) is 17.7 Å². The third-order valence-corrected chi connectivity index (χ3v) is 4.32. The molecule has 0 aliphatic heterocycles. The van der Waals surface area contributed by atoms with Gasteiger partial charge < -0.3 is 4.74 Å². The average molecular weight is 362 g/mol. The van der Waals surface area contributed by atoms with Gasteiger partial charge in [0.1, 0.15) is 11.6 Å². The zero-order chi connectivity index (χ0) is 18.2. The Labute approximate surface area is 149 Å². The number of hydrogen-bond donors (Lipinski definition) is 2. The van der Waals surface area contributed by atoms with Gasteiger partial charge in [0.05, 0.1) is 5.25 Å². The van der Waals surface area contributed by atoms with E-state index in [1.165, 1.54) is 36.0 Å². The first-order chi connectivity index (χ1) is 11.9. The zero-order valence-electron chi connectivity index (χ0n) is 13.9. The van der Waals surface area contributed by atoms with Crippen molar-refractivity contribution in [1.29, 1.82) is 0 Å². The van der Waals surface area contributed by atoms with Crippen molar-refractivity contribution in [3.05, 3.63) is 59.9 Å². The summed E-state index contributed by atoms with van der Waals surface area (Å²) in [5.74, 6) is -0.846. The van der Waals surface area contributed by atoms with Crippen LogP contribution in [0.3, 0.4) is 0 Å². The van der Waals surface area contributed by atoms with Crippen LogP contribution in [0.25, 0.3) is 0 Å². The molecule has 0 fully saturated rings. The summed E-state index contributed by atoms with van der Waals surface area (Å²) < 4.78 is 17.9. The Hall–Kier alpha value is -2.54. The Kier molecular flexibility index (Phi) is 6.82. The topological polar surface area (TPSA) is 67.4 Å². The number of ether oxygens (including phenoxy) is 1. The normalized spacial score (nSPS) is 11.5. The van der Waals surface area contributed by atoms with E-state index in [0.29, 0.717) is 5.75 Å². The fraction of sp³-hybridized carbons (Fsp3) is 0.222. The lowest BCUT2D eigenvalue weighted by Gasteiger charge is -2.13. The summed E-state index contributed by atoms with van der Waals surface area (Å²) in [7, 11) is 0. The van der Waals surface area contributed by atoms with E-state index in [-0.39, 0.29) is 23.6 Å². The first-order valence-corrected chi connectivity index (χ1v) is 8.52. The largest absolute Gasteiger partial charge is 0.484 e. The maximum absolute atomic E-state index is 12.8. The summed E-state index contributed by atoms with van der Waals surface area (Å²) in [6, 6.07) is 13.1. The van der Waals surface area contributed by atoms with Crippen molar-refractivity contribution in [2.75, 3.05) is 6.61 Å². The molecule has 0 aliphatic rings. The summed E-state index contributed by atoms with van der Waals surface area (Å²) >= 11 is 1.39. The van der Waals surface area contributed by atoms with Gasteiger partial charge in [0, 0.05) is 4.90 Å². The van der Waals surface area contributed by atoms with E-state index in [4.69, 9.17) is 4.74 Å². The Bertz CT molecular complexity index is 720. The van der Waals surface area contributed by atoms with E-state index in [1.807, 2.05) is 31.2 Å². The summed E-state index contributed by atoms with van der Waals surface area (Å²) in [6.45, 7) is 3.46. The highest BCUT2D eigenvalue weighted by molar-refractivity contribution is 8.00. The van der Waals surface area contributed by atoms with Crippen molar-refractivity contribution in [3.63, 3.8) is 0 Å². The molecule has 2 aromatic rings. The lowest BCUT2D eigenvalue weighted by molar-refractivity contribution is -0.129. The molecular weight excluding hydrogens is 343 g/mol. The molecule has 2 aromatic carbocycles. The highest BCUT2D eigenvalue weighted by Gasteiger charge is 2.15. The SMILES string of the molecule is Cc1ccc(S[C@H](C)C(=O)NNC(=O)COc2ccc(F)cc2)cc1. The second-order valence-electron chi connectivity index (χ2n) is 5.35. The Morgan fingerprint density at radius 1 is 1.08 bits per heavy atom. The number of halogens is 1. The Balaban J connectivity index is 1.71. The van der Waals surface area contributed by atoms with Gasteiger partial charge in [-0.2, -0.15) is 0 Å². The van der Waals surface area contributed by atoms with Crippen LogP contribution in [0.1, 0.15) is 12.5 Å². The summed E-state index contributed by atoms with van der Waals surface area (Å²) in [5, 5.41) is -0.374. The van der Waals surface area contributed by atoms with Gasteiger partial charge in [0.15, 0.2) is 6.61 Å². The number of hydrogen-bond acceptors (Lipinski definition) is 4. The molecule has 1 atom stereocenters. The van der Waals surface area contributed by atoms with Crippen LogP contribution in [-0.4, -0.2) is 23.7 Å². The molecule has 0 saturated carbocycles. The molecule has 132 valence electrons. The van der Waals surface area contributed by atoms with Crippen molar-refractivity contribution in [2.45, 2.75) is 24.0 Å². The van der Waals surface area contributed by atoms with Crippen LogP contribution < -0.4 is 15.6 Å². The molecule has 0 spiro atoms. The smallest absolute Gasteiger partial charge is 0.276 e. The van der Waals surface area contributed by atoms with Crippen molar-refractivity contribution in [3.8, 4) is 5.75 Å². The standard InChI is InChI=1S/C18H19FN2O3S/c1-12-3-9-16(10-4-12)25-13(2)18(23)21-20-17(22)11-24-15-7-5-14(19)6-8-15/h3-10,13H,11H2,1-2H3,(H,20,22)(H,21,23)/t13-/m1/s1. The fourth-order valence-corrected chi connectivity index (χ4v) is 2.69. The predicted octanol–water partition coefficient (Wildman–Crippen LogP) is 2.84. The van der Waals surface area contributed by atoms with E-state index >= 15 is 0 Å². The quantitative estimate of drug-likeness (QED) is 0.613. The van der Waals surface area contributed by atoms with Crippen LogP contribution in [-0.2, 0) is 9.59 Å². The van der Waals surface area contributed by atoms with E-state index in [0.717, 1.165) is 10.5 Å². The molecular formula is C18H19FN2O3S. The van der Waals surface area contributed by atoms with Gasteiger partial charge in [-0.15, -0.1) is 11.8 Å². The van der Waals surface area contributed by atoms with Gasteiger partial charge in [0.2, 0.25) is 0 Å². The maximum Gasteiger partial charge on any atom is 0.276 e. The molecule has 7 heteroatoms. The molecule has 2 amide bonds. The molecule has 0 radical (unpaired) electrons. The number of nitrogens with one attached hydrogen (secondary N) is 2. The van der Waals surface area contributed by atoms with Gasteiger partial charge >= 0.3 is 0 Å². The lowest BCUT2D eigenvalue weighted by atomic mass is 10.2. The van der Waals surface area contributed by atoms with Gasteiger partial charge in [0.25, 0.3) is 11.8 Å². The van der Waals surface area contributed by atoms with Crippen LogP contribution in [0.4, 0.5) is 4.39 Å². The van der Waals surface area contributed by atoms with E-state index in [1.54, 1.807) is 6.92 Å². The molecule has 0 aromatic heterocycles. The Morgan fingerprint density at radius 3 is 2.36 bits per heavy atom. The minimum atomic E-state index is -0.509. The second kappa shape index (κ2) is 9.08. The molecule has 0 unspecified atom stereocenters. The highest BCUT2D eigenvalue weighted by atomic mass is 32.2. The molecule has 2 N–H and O–H groups in total. The van der Waals surface area contributed by atoms with Crippen molar-refractivity contribution < 1.29 is 18.7 Å². The molecule has 0 heterocycles. The average Bonchev–Trinajstić information content (AvgIpc) is 2.61. The number of carbonyl (C=O) groups is 2. The van der Waals surface area contributed by atoms with E-state index in [9.17, 15) is 14.0 Å². The number of thioether (sulfide) groups is 1. The van der Waals surface area contributed by atoms with E-state index in [2.05, 4.69) is 10.9 Å². The minimum absolute atomic E-state index is 0.286. The minimum Gasteiger partial charge on any atom is -0.484 e. The number of benzene rings is 2. The van der Waals surface area contributed by atoms with E-state index < -0.39 is 5.91 Å². The van der Waals surface area contributed by atoms with Crippen LogP contribution >= 0.6 is 11.8 Å². The zero-order valence-corrected chi connectivity index (χ0v) is 14.7. The highest BCUT2D eigenvalue weighted by Crippen LogP contribution is 2.23. The fourth-order valence-electron chi connectivity index (χ4n) is 1.82. The Morgan fingerprint density at radius 2 is 1.72 bits per heavy atom. The molecule has 25 heavy (non-hydrogen) atoms. The van der Waals surface area contributed by atoms with Crippen LogP contribution in [0, 0.1) is 12.7 Å². The monoisotopic (exact) mass is 362 g/mol. The second-order valence-corrected chi connectivity index (χ2v) is 6.77. The number of aryl methyl sites for hydroxylation is 1. The third kappa shape index (κ3) is 6.46. The van der Waals surface area contributed by atoms with Gasteiger partial charge in [-0.05, 0) is 50.2 Å².